The summed E-state index contributed by atoms with van der Waals surface area (Å²) < 4.78 is 0. The van der Waals surface area contributed by atoms with Gasteiger partial charge in [-0.3, -0.25) is 81.5 Å². The molecule has 0 bridgehead atoms. The lowest BCUT2D eigenvalue weighted by atomic mass is 10.0. The predicted octanol–water partition coefficient (Wildman–Crippen LogP) is -9.34. The van der Waals surface area contributed by atoms with E-state index >= 15 is 0 Å². The van der Waals surface area contributed by atoms with Crippen molar-refractivity contribution in [1.82, 2.24) is 47.9 Å². The number of hydrogen-bond acceptors (Lipinski definition) is 19. The van der Waals surface area contributed by atoms with Gasteiger partial charge in [0.05, 0.1) is 32.3 Å². The molecule has 36 nitrogen and oxygen atoms in total. The second-order valence-electron chi connectivity index (χ2n) is 17.3. The van der Waals surface area contributed by atoms with Crippen LogP contribution in [0, 0.1) is 0 Å². The Morgan fingerprint density at radius 3 is 0.937 bits per heavy atom. The van der Waals surface area contributed by atoms with Crippen LogP contribution in [-0.4, -0.2) is 199 Å². The van der Waals surface area contributed by atoms with Gasteiger partial charge in [-0.15, -0.1) is 0 Å². The van der Waals surface area contributed by atoms with Crippen molar-refractivity contribution in [3.05, 3.63) is 0 Å². The minimum absolute atomic E-state index is 0.00116. The molecule has 0 aromatic rings. The van der Waals surface area contributed by atoms with E-state index in [9.17, 15) is 112 Å². The molecule has 0 saturated heterocycles. The van der Waals surface area contributed by atoms with Crippen LogP contribution in [0.5, 0.6) is 0 Å². The molecule has 0 aliphatic heterocycles. The standard InChI is InChI=1S/C43H67N13O23/c1-18(58)48-27(17-57)43(79)52-22(9-11-32(65)66)39(75)56-26(16-34(69)70)42(78)54-24(14-29(46)60)40(76)49-19(5-2-3-12-44)37(73)55-25(15-33(67)68)41(77)50-20(6-4-7-30(61)62)36(72)51-21(8-10-31(63)64)38(74)53-23(35(47)71)13-28(45)59/h19-27,57H,2-17,44H2,1H3,(H2,45,59)(H2,46,60)(H2,47,71)(H,48,58)(H,49,76)(H,50,77)(H,51,72)(H,52,79)(H,53,74)(H,54,78)(H,55,73)(H,56,75)(H,61,62)(H,63,64)(H,65,66)(H,67,68)(H,69,70)/t19-,20-,21-,22-,23-,24-,25-,26-,27-/m1/s1. The molecule has 0 rings (SSSR count). The Labute approximate surface area is 447 Å². The summed E-state index contributed by atoms with van der Waals surface area (Å²) >= 11 is 0. The van der Waals surface area contributed by atoms with Gasteiger partial charge in [0.1, 0.15) is 54.4 Å². The molecule has 23 N–H and O–H groups in total. The number of nitrogens with two attached hydrogens (primary N) is 4. The summed E-state index contributed by atoms with van der Waals surface area (Å²) in [6, 6.07) is -17.4. The van der Waals surface area contributed by atoms with E-state index in [2.05, 4.69) is 31.9 Å². The summed E-state index contributed by atoms with van der Waals surface area (Å²) in [7, 11) is 0. The van der Waals surface area contributed by atoms with Gasteiger partial charge in [-0.1, -0.05) is 0 Å². The Hall–Kier alpha value is -9.09. The zero-order valence-corrected chi connectivity index (χ0v) is 42.4. The molecule has 0 spiro atoms. The Bertz CT molecular complexity index is 2280. The number of hydrogen-bond donors (Lipinski definition) is 19. The van der Waals surface area contributed by atoms with E-state index in [-0.39, 0.29) is 25.8 Å². The van der Waals surface area contributed by atoms with E-state index in [1.54, 1.807) is 0 Å². The molecular formula is C43H67N13O23. The summed E-state index contributed by atoms with van der Waals surface area (Å²) in [6.07, 6.45) is -9.32. The normalized spacial score (nSPS) is 14.1. The zero-order chi connectivity index (χ0) is 60.7. The van der Waals surface area contributed by atoms with Crippen molar-refractivity contribution in [3.63, 3.8) is 0 Å². The van der Waals surface area contributed by atoms with Gasteiger partial charge < -0.3 is 101 Å². The molecule has 12 amide bonds. The van der Waals surface area contributed by atoms with E-state index in [0.29, 0.717) is 0 Å². The minimum atomic E-state index is -2.19. The number of aliphatic hydroxyl groups excluding tert-OH is 1. The molecule has 0 radical (unpaired) electrons. The van der Waals surface area contributed by atoms with Gasteiger partial charge in [-0.25, -0.2) is 0 Å². The van der Waals surface area contributed by atoms with Crippen molar-refractivity contribution in [2.45, 2.75) is 151 Å². The van der Waals surface area contributed by atoms with Crippen LogP contribution in [0.4, 0.5) is 0 Å². The second kappa shape index (κ2) is 36.0. The Kier molecular flexibility index (Phi) is 31.9. The average molecular weight is 1130 g/mol. The number of nitrogens with one attached hydrogen (secondary N) is 9. The van der Waals surface area contributed by atoms with E-state index in [4.69, 9.17) is 22.9 Å². The van der Waals surface area contributed by atoms with Crippen LogP contribution in [0.1, 0.15) is 96.8 Å². The number of unbranched alkanes of at least 4 members (excludes halogenated alkanes) is 1. The Balaban J connectivity index is 6.97. The van der Waals surface area contributed by atoms with Crippen LogP contribution in [0.25, 0.3) is 0 Å². The van der Waals surface area contributed by atoms with Gasteiger partial charge in [-0.2, -0.15) is 0 Å². The average Bonchev–Trinajstić information content (AvgIpc) is 3.32. The Morgan fingerprint density at radius 1 is 0.342 bits per heavy atom. The monoisotopic (exact) mass is 1130 g/mol. The quantitative estimate of drug-likeness (QED) is 0.0253. The third-order valence-electron chi connectivity index (χ3n) is 10.7. The maximum atomic E-state index is 13.9. The van der Waals surface area contributed by atoms with Gasteiger partial charge in [0.25, 0.3) is 0 Å². The summed E-state index contributed by atoms with van der Waals surface area (Å²) in [6.45, 7) is -0.0231. The molecule has 0 aliphatic rings. The van der Waals surface area contributed by atoms with Gasteiger partial charge in [-0.05, 0) is 51.5 Å². The van der Waals surface area contributed by atoms with Crippen LogP contribution in [0.15, 0.2) is 0 Å². The fourth-order valence-electron chi connectivity index (χ4n) is 6.78. The molecule has 0 aromatic heterocycles. The molecule has 36 heteroatoms. The first kappa shape index (κ1) is 69.9. The summed E-state index contributed by atoms with van der Waals surface area (Å²) in [5.74, 6) is -23.3. The first-order valence-corrected chi connectivity index (χ1v) is 23.8. The minimum Gasteiger partial charge on any atom is -0.481 e. The van der Waals surface area contributed by atoms with E-state index < -0.39 is 232 Å². The molecule has 0 heterocycles. The van der Waals surface area contributed by atoms with Crippen molar-refractivity contribution in [2.24, 2.45) is 22.9 Å². The number of primary amides is 3. The number of carboxylic acids is 5. The summed E-state index contributed by atoms with van der Waals surface area (Å²) in [4.78, 5) is 213. The van der Waals surface area contributed by atoms with Crippen LogP contribution in [-0.2, 0) is 81.5 Å². The number of aliphatic carboxylic acids is 5. The first-order valence-electron chi connectivity index (χ1n) is 23.8. The third-order valence-corrected chi connectivity index (χ3v) is 10.7. The summed E-state index contributed by atoms with van der Waals surface area (Å²) in [5, 5.41) is 75.2. The smallest absolute Gasteiger partial charge is 0.305 e. The van der Waals surface area contributed by atoms with Crippen molar-refractivity contribution in [3.8, 4) is 0 Å². The highest BCUT2D eigenvalue weighted by Crippen LogP contribution is 2.10. The maximum Gasteiger partial charge on any atom is 0.305 e. The molecule has 0 saturated carbocycles. The fourth-order valence-corrected chi connectivity index (χ4v) is 6.78. The molecule has 9 atom stereocenters. The van der Waals surface area contributed by atoms with Gasteiger partial charge in [0, 0.05) is 26.2 Å². The van der Waals surface area contributed by atoms with Crippen molar-refractivity contribution in [1.29, 1.82) is 0 Å². The molecule has 0 unspecified atom stereocenters. The number of aliphatic hydroxyl groups is 1. The lowest BCUT2D eigenvalue weighted by molar-refractivity contribution is -0.142. The SMILES string of the molecule is CC(=O)N[C@H](CO)C(=O)N[C@H](CCC(=O)O)C(=O)N[C@H](CC(=O)O)C(=O)N[C@H](CC(N)=O)C(=O)N[C@H](CCCCN)C(=O)N[C@H](CC(=O)O)C(=O)N[C@H](CCCC(=O)O)C(=O)N[C@H](CCC(=O)O)C(=O)N[C@H](CC(N)=O)C(N)=O. The van der Waals surface area contributed by atoms with Crippen LogP contribution >= 0.6 is 0 Å². The van der Waals surface area contributed by atoms with E-state index in [0.717, 1.165) is 6.92 Å². The number of carbonyl (C=O) groups is 17. The third kappa shape index (κ3) is 29.7. The molecule has 79 heavy (non-hydrogen) atoms. The number of amides is 12. The van der Waals surface area contributed by atoms with Crippen LogP contribution in [0.2, 0.25) is 0 Å². The zero-order valence-electron chi connectivity index (χ0n) is 42.4. The predicted molar refractivity (Wildman–Crippen MR) is 260 cm³/mol. The highest BCUT2D eigenvalue weighted by atomic mass is 16.4. The molecule has 0 fully saturated rings. The van der Waals surface area contributed by atoms with Crippen LogP contribution in [0.3, 0.4) is 0 Å². The number of carbonyl (C=O) groups excluding carboxylic acids is 12. The molecule has 442 valence electrons. The highest BCUT2D eigenvalue weighted by Gasteiger charge is 2.37. The lowest BCUT2D eigenvalue weighted by Gasteiger charge is -2.27. The lowest BCUT2D eigenvalue weighted by Crippen LogP contribution is -2.61. The van der Waals surface area contributed by atoms with Gasteiger partial charge in [0.15, 0.2) is 0 Å². The van der Waals surface area contributed by atoms with Gasteiger partial charge in [0.2, 0.25) is 70.9 Å². The van der Waals surface area contributed by atoms with Crippen molar-refractivity contribution in [2.75, 3.05) is 13.2 Å². The first-order chi connectivity index (χ1) is 36.8. The maximum absolute atomic E-state index is 13.9. The molecular weight excluding hydrogens is 1070 g/mol. The van der Waals surface area contributed by atoms with Crippen molar-refractivity contribution < 1.29 is 112 Å². The Morgan fingerprint density at radius 2 is 0.633 bits per heavy atom. The largest absolute Gasteiger partial charge is 0.481 e. The second-order valence-corrected chi connectivity index (χ2v) is 17.3. The van der Waals surface area contributed by atoms with Gasteiger partial charge >= 0.3 is 29.8 Å². The summed E-state index contributed by atoms with van der Waals surface area (Å²) in [5.41, 5.74) is 21.2. The van der Waals surface area contributed by atoms with E-state index in [1.807, 2.05) is 16.0 Å². The molecule has 0 aliphatic carbocycles. The van der Waals surface area contributed by atoms with Crippen molar-refractivity contribution >= 4 is 101 Å². The molecule has 0 aromatic carbocycles. The topological polar surface area (TPSA) is 624 Å². The highest BCUT2D eigenvalue weighted by molar-refractivity contribution is 6.01. The van der Waals surface area contributed by atoms with E-state index in [1.165, 1.54) is 0 Å². The number of carboxylic acid groups (broad SMARTS) is 5. The fraction of sp³-hybridized carbons (Fsp3) is 0.605. The van der Waals surface area contributed by atoms with Crippen LogP contribution < -0.4 is 70.8 Å². The number of rotatable bonds is 41.